The minimum Gasteiger partial charge on any atom is -0.373 e. The predicted molar refractivity (Wildman–Crippen MR) is 136 cm³/mol. The third-order valence-corrected chi connectivity index (χ3v) is 6.30. The van der Waals surface area contributed by atoms with E-state index in [1.807, 2.05) is 24.4 Å². The Morgan fingerprint density at radius 3 is 2.76 bits per heavy atom. The number of nitrogens with two attached hydrogens (primary N) is 1. The van der Waals surface area contributed by atoms with E-state index in [9.17, 15) is 5.11 Å². The first-order chi connectivity index (χ1) is 16.7. The lowest BCUT2D eigenvalue weighted by molar-refractivity contribution is 0.164. The maximum Gasteiger partial charge on any atom is 0.145 e. The molecule has 0 radical (unpaired) electrons. The summed E-state index contributed by atoms with van der Waals surface area (Å²) in [5.41, 5.74) is 12.6. The van der Waals surface area contributed by atoms with E-state index in [-0.39, 0.29) is 5.92 Å². The number of rotatable bonds is 7. The molecule has 5 rings (SSSR count). The van der Waals surface area contributed by atoms with Gasteiger partial charge < -0.3 is 16.2 Å². The molecule has 3 aromatic rings. The number of benzene rings is 1. The van der Waals surface area contributed by atoms with Crippen molar-refractivity contribution in [2.24, 2.45) is 5.73 Å². The average Bonchev–Trinajstić information content (AvgIpc) is 2.92. The highest BCUT2D eigenvalue weighted by atomic mass is 16.3. The summed E-state index contributed by atoms with van der Waals surface area (Å²) in [7, 11) is 0. The first-order valence-corrected chi connectivity index (χ1v) is 11.7. The summed E-state index contributed by atoms with van der Waals surface area (Å²) in [5, 5.41) is 17.8. The number of dihydropyridines is 1. The summed E-state index contributed by atoms with van der Waals surface area (Å²) in [6, 6.07) is 12.5. The van der Waals surface area contributed by atoms with Crippen LogP contribution < -0.4 is 16.4 Å². The molecule has 0 saturated heterocycles. The highest BCUT2D eigenvalue weighted by Gasteiger charge is 2.19. The molecule has 0 spiro atoms. The van der Waals surface area contributed by atoms with Crippen LogP contribution in [-0.4, -0.2) is 21.3 Å². The van der Waals surface area contributed by atoms with E-state index in [0.29, 0.717) is 13.1 Å². The molecule has 3 heterocycles. The number of aromatic nitrogens is 2. The molecule has 2 atom stereocenters. The summed E-state index contributed by atoms with van der Waals surface area (Å²) < 4.78 is 0. The molecule has 34 heavy (non-hydrogen) atoms. The van der Waals surface area contributed by atoms with E-state index >= 15 is 0 Å². The predicted octanol–water partition coefficient (Wildman–Crippen LogP) is 4.15. The van der Waals surface area contributed by atoms with Gasteiger partial charge >= 0.3 is 0 Å². The van der Waals surface area contributed by atoms with Crippen LogP contribution in [0.15, 0.2) is 90.9 Å². The van der Waals surface area contributed by atoms with Gasteiger partial charge in [0.1, 0.15) is 6.23 Å². The van der Waals surface area contributed by atoms with Crippen molar-refractivity contribution in [2.45, 2.75) is 38.1 Å². The highest BCUT2D eigenvalue weighted by molar-refractivity contribution is 5.85. The maximum atomic E-state index is 10.6. The number of aliphatic hydroxyl groups excluding tert-OH is 1. The van der Waals surface area contributed by atoms with Gasteiger partial charge in [-0.15, -0.1) is 0 Å². The smallest absolute Gasteiger partial charge is 0.145 e. The second-order valence-corrected chi connectivity index (χ2v) is 8.53. The number of aliphatic hydroxyl groups is 1. The lowest BCUT2D eigenvalue weighted by atomic mass is 9.88. The van der Waals surface area contributed by atoms with E-state index in [1.165, 1.54) is 5.56 Å². The summed E-state index contributed by atoms with van der Waals surface area (Å²) in [4.78, 5) is 9.72. The normalized spacial score (nSPS) is 18.1. The fourth-order valence-corrected chi connectivity index (χ4v) is 4.40. The molecule has 0 saturated carbocycles. The summed E-state index contributed by atoms with van der Waals surface area (Å²) >= 11 is 0. The van der Waals surface area contributed by atoms with Crippen LogP contribution >= 0.6 is 0 Å². The van der Waals surface area contributed by atoms with Crippen molar-refractivity contribution in [3.8, 4) is 11.3 Å². The van der Waals surface area contributed by atoms with Gasteiger partial charge in [0.15, 0.2) is 0 Å². The second kappa shape index (κ2) is 10.1. The monoisotopic (exact) mass is 451 g/mol. The Bertz CT molecular complexity index is 1290. The van der Waals surface area contributed by atoms with Crippen molar-refractivity contribution in [2.75, 3.05) is 0 Å². The van der Waals surface area contributed by atoms with Crippen LogP contribution in [0.2, 0.25) is 0 Å². The number of fused-ring (bicyclic) bond motifs is 1. The summed E-state index contributed by atoms with van der Waals surface area (Å²) in [5.74, 6) is 0.237. The Morgan fingerprint density at radius 1 is 1.15 bits per heavy atom. The maximum absolute atomic E-state index is 10.6. The molecule has 0 bridgehead atoms. The van der Waals surface area contributed by atoms with Crippen LogP contribution in [0, 0.1) is 0 Å². The number of hydrogen-bond donors (Lipinski definition) is 4. The molecule has 0 fully saturated rings. The van der Waals surface area contributed by atoms with Crippen molar-refractivity contribution in [3.05, 3.63) is 108 Å². The fourth-order valence-electron chi connectivity index (χ4n) is 4.40. The second-order valence-electron chi connectivity index (χ2n) is 8.53. The Morgan fingerprint density at radius 2 is 2.03 bits per heavy atom. The van der Waals surface area contributed by atoms with E-state index in [2.05, 4.69) is 70.3 Å². The van der Waals surface area contributed by atoms with E-state index < -0.39 is 6.23 Å². The van der Waals surface area contributed by atoms with Crippen LogP contribution in [0.3, 0.4) is 0 Å². The van der Waals surface area contributed by atoms with Crippen LogP contribution in [0.5, 0.6) is 0 Å². The Kier molecular flexibility index (Phi) is 6.62. The zero-order chi connectivity index (χ0) is 23.3. The average molecular weight is 452 g/mol. The van der Waals surface area contributed by atoms with Gasteiger partial charge in [0.25, 0.3) is 0 Å². The zero-order valence-corrected chi connectivity index (χ0v) is 19.0. The molecule has 2 unspecified atom stereocenters. The molecule has 1 aromatic carbocycles. The van der Waals surface area contributed by atoms with Crippen LogP contribution in [0.4, 0.5) is 0 Å². The van der Waals surface area contributed by atoms with E-state index in [4.69, 9.17) is 10.7 Å². The number of nitrogens with one attached hydrogen (secondary N) is 2. The van der Waals surface area contributed by atoms with Gasteiger partial charge in [-0.1, -0.05) is 60.7 Å². The van der Waals surface area contributed by atoms with Gasteiger partial charge in [-0.3, -0.25) is 10.3 Å². The van der Waals surface area contributed by atoms with Crippen LogP contribution in [-0.2, 0) is 13.1 Å². The quantitative estimate of drug-likeness (QED) is 0.403. The van der Waals surface area contributed by atoms with E-state index in [1.54, 1.807) is 6.20 Å². The molecule has 2 aliphatic rings. The van der Waals surface area contributed by atoms with Gasteiger partial charge in [0, 0.05) is 36.2 Å². The molecule has 0 amide bonds. The van der Waals surface area contributed by atoms with Crippen LogP contribution in [0.25, 0.3) is 22.2 Å². The van der Waals surface area contributed by atoms with Gasteiger partial charge in [0.05, 0.1) is 22.6 Å². The third-order valence-electron chi connectivity index (χ3n) is 6.30. The van der Waals surface area contributed by atoms with Crippen molar-refractivity contribution in [1.82, 2.24) is 20.6 Å². The third kappa shape index (κ3) is 4.70. The van der Waals surface area contributed by atoms with Crippen molar-refractivity contribution < 1.29 is 5.11 Å². The lowest BCUT2D eigenvalue weighted by Gasteiger charge is -2.21. The van der Waals surface area contributed by atoms with Crippen molar-refractivity contribution in [1.29, 1.82) is 0 Å². The molecule has 5 N–H and O–H groups in total. The van der Waals surface area contributed by atoms with E-state index in [0.717, 1.165) is 52.0 Å². The molecule has 2 aromatic heterocycles. The topological polar surface area (TPSA) is 96.1 Å². The minimum absolute atomic E-state index is 0.237. The number of hydrogen-bond acceptors (Lipinski definition) is 6. The largest absolute Gasteiger partial charge is 0.373 e. The molecule has 1 aliphatic carbocycles. The van der Waals surface area contributed by atoms with Crippen molar-refractivity contribution in [3.63, 3.8) is 0 Å². The van der Waals surface area contributed by atoms with Gasteiger partial charge in [-0.05, 0) is 42.3 Å². The molecular formula is C28H29N5O. The Labute approximate surface area is 199 Å². The molecule has 172 valence electrons. The first-order valence-electron chi connectivity index (χ1n) is 11.7. The zero-order valence-electron chi connectivity index (χ0n) is 19.0. The van der Waals surface area contributed by atoms with Gasteiger partial charge in [-0.2, -0.15) is 0 Å². The first kappa shape index (κ1) is 22.2. The standard InChI is InChI=1S/C28H29N5O/c29-17-19-9-11-21(12-10-19)27-22(20-6-2-1-3-7-20)16-23-24(33-27)13-15-31-26(23)18-32-28(34)25-8-4-5-14-30-25/h1-3,5-6,8-16,20,28,30,32,34H,4,7,17-18,29H2. The number of pyridine rings is 2. The summed E-state index contributed by atoms with van der Waals surface area (Å²) in [6.07, 6.45) is 17.2. The van der Waals surface area contributed by atoms with Gasteiger partial charge in [-0.25, -0.2) is 4.98 Å². The Balaban J connectivity index is 1.52. The Hall–Kier alpha value is -3.58. The highest BCUT2D eigenvalue weighted by Crippen LogP contribution is 2.35. The molecule has 1 aliphatic heterocycles. The number of nitrogens with zero attached hydrogens (tertiary/aromatic N) is 2. The minimum atomic E-state index is -0.791. The van der Waals surface area contributed by atoms with Crippen molar-refractivity contribution >= 4 is 10.9 Å². The molecule has 6 nitrogen and oxygen atoms in total. The SMILES string of the molecule is NCc1ccc(-c2nc3ccnc(CNC(O)C4=CCC=CN4)c3cc2C2C=CC=CC2)cc1. The van der Waals surface area contributed by atoms with Crippen LogP contribution in [0.1, 0.15) is 35.6 Å². The van der Waals surface area contributed by atoms with Gasteiger partial charge in [0.2, 0.25) is 0 Å². The summed E-state index contributed by atoms with van der Waals surface area (Å²) in [6.45, 7) is 0.943. The lowest BCUT2D eigenvalue weighted by Crippen LogP contribution is -2.35. The molecule has 6 heteroatoms. The molecular weight excluding hydrogens is 422 g/mol. The fraction of sp³-hybridized carbons (Fsp3) is 0.214. The number of allylic oxidation sites excluding steroid dienone is 6.